The number of benzene rings is 3. The summed E-state index contributed by atoms with van der Waals surface area (Å²) in [5, 5.41) is 2.84. The van der Waals surface area contributed by atoms with Crippen LogP contribution in [0.3, 0.4) is 0 Å². The summed E-state index contributed by atoms with van der Waals surface area (Å²) in [6.07, 6.45) is -1.08. The molecule has 0 saturated carbocycles. The van der Waals surface area contributed by atoms with Crippen molar-refractivity contribution in [2.45, 2.75) is 18.7 Å². The van der Waals surface area contributed by atoms with Crippen LogP contribution in [0.1, 0.15) is 28.4 Å². The van der Waals surface area contributed by atoms with Crippen LogP contribution in [0.5, 0.6) is 0 Å². The molecule has 0 spiro atoms. The van der Waals surface area contributed by atoms with Gasteiger partial charge < -0.3 is 10.1 Å². The predicted molar refractivity (Wildman–Crippen MR) is 110 cm³/mol. The van der Waals surface area contributed by atoms with Gasteiger partial charge in [0.15, 0.2) is 11.8 Å². The first-order valence-electron chi connectivity index (χ1n) is 9.57. The highest BCUT2D eigenvalue weighted by Gasteiger charge is 2.55. The molecule has 1 saturated heterocycles. The number of amides is 3. The highest BCUT2D eigenvalue weighted by molar-refractivity contribution is 6.10. The van der Waals surface area contributed by atoms with Gasteiger partial charge in [-0.25, -0.2) is 14.5 Å². The number of carbonyl (C=O) groups excluding carboxylic acids is 3. The van der Waals surface area contributed by atoms with Crippen LogP contribution in [0.15, 0.2) is 91.0 Å². The molecule has 3 amide bonds. The van der Waals surface area contributed by atoms with Crippen LogP contribution < -0.4 is 5.32 Å². The van der Waals surface area contributed by atoms with Crippen molar-refractivity contribution in [2.24, 2.45) is 0 Å². The maximum absolute atomic E-state index is 13.6. The maximum Gasteiger partial charge on any atom is 0.340 e. The third-order valence-electron chi connectivity index (χ3n) is 5.12. The molecule has 4 rings (SSSR count). The molecule has 0 bridgehead atoms. The van der Waals surface area contributed by atoms with Gasteiger partial charge in [-0.2, -0.15) is 0 Å². The Morgan fingerprint density at radius 3 is 1.80 bits per heavy atom. The number of esters is 1. The maximum atomic E-state index is 13.6. The number of hydrogen-bond donors (Lipinski definition) is 1. The summed E-state index contributed by atoms with van der Waals surface area (Å²) in [5.41, 5.74) is 0.193. The fourth-order valence-corrected chi connectivity index (χ4v) is 3.66. The Morgan fingerprint density at radius 2 is 1.30 bits per heavy atom. The Hall–Kier alpha value is -3.93. The molecule has 1 fully saturated rings. The summed E-state index contributed by atoms with van der Waals surface area (Å²) in [5.74, 6) is -1.11. The van der Waals surface area contributed by atoms with Crippen molar-refractivity contribution in [2.75, 3.05) is 0 Å². The molecule has 1 unspecified atom stereocenters. The highest BCUT2D eigenvalue weighted by atomic mass is 16.6. The fourth-order valence-electron chi connectivity index (χ4n) is 3.66. The van der Waals surface area contributed by atoms with Crippen molar-refractivity contribution in [1.82, 2.24) is 10.2 Å². The van der Waals surface area contributed by atoms with Crippen LogP contribution >= 0.6 is 0 Å². The van der Waals surface area contributed by atoms with Gasteiger partial charge in [-0.05, 0) is 30.2 Å². The molecule has 1 heterocycles. The second-order valence-electron chi connectivity index (χ2n) is 6.96. The largest absolute Gasteiger partial charge is 0.438 e. The van der Waals surface area contributed by atoms with Gasteiger partial charge in [0, 0.05) is 0 Å². The number of rotatable bonds is 5. The van der Waals surface area contributed by atoms with Gasteiger partial charge in [0.1, 0.15) is 0 Å². The predicted octanol–water partition coefficient (Wildman–Crippen LogP) is 3.69. The minimum Gasteiger partial charge on any atom is -0.438 e. The van der Waals surface area contributed by atoms with E-state index in [4.69, 9.17) is 4.74 Å². The second kappa shape index (κ2) is 7.83. The van der Waals surface area contributed by atoms with E-state index in [1.54, 1.807) is 78.9 Å². The van der Waals surface area contributed by atoms with Crippen molar-refractivity contribution >= 4 is 17.9 Å². The van der Waals surface area contributed by atoms with Gasteiger partial charge in [-0.3, -0.25) is 4.79 Å². The average molecular weight is 400 g/mol. The topological polar surface area (TPSA) is 75.7 Å². The Kier molecular flexibility index (Phi) is 5.06. The Bertz CT molecular complexity index is 1030. The molecule has 1 aliphatic heterocycles. The van der Waals surface area contributed by atoms with Crippen molar-refractivity contribution in [1.29, 1.82) is 0 Å². The van der Waals surface area contributed by atoms with E-state index < -0.39 is 29.7 Å². The number of hydrogen-bond acceptors (Lipinski definition) is 4. The van der Waals surface area contributed by atoms with E-state index in [1.165, 1.54) is 6.92 Å². The van der Waals surface area contributed by atoms with E-state index in [1.807, 2.05) is 12.1 Å². The van der Waals surface area contributed by atoms with Crippen LogP contribution in [-0.4, -0.2) is 29.0 Å². The van der Waals surface area contributed by atoms with Crippen LogP contribution in [0, 0.1) is 0 Å². The zero-order valence-corrected chi connectivity index (χ0v) is 16.3. The molecule has 6 nitrogen and oxygen atoms in total. The molecular formula is C24H20N2O4. The van der Waals surface area contributed by atoms with Crippen molar-refractivity contribution < 1.29 is 19.1 Å². The van der Waals surface area contributed by atoms with E-state index in [-0.39, 0.29) is 0 Å². The van der Waals surface area contributed by atoms with Crippen LogP contribution in [-0.2, 0) is 15.1 Å². The van der Waals surface area contributed by atoms with E-state index in [0.29, 0.717) is 16.7 Å². The van der Waals surface area contributed by atoms with Gasteiger partial charge in [0.05, 0.1) is 5.56 Å². The van der Waals surface area contributed by atoms with Crippen molar-refractivity contribution in [3.8, 4) is 0 Å². The Labute approximate surface area is 174 Å². The monoisotopic (exact) mass is 400 g/mol. The third-order valence-corrected chi connectivity index (χ3v) is 5.12. The van der Waals surface area contributed by atoms with E-state index >= 15 is 0 Å². The zero-order chi connectivity index (χ0) is 21.1. The molecule has 0 radical (unpaired) electrons. The summed E-state index contributed by atoms with van der Waals surface area (Å²) >= 11 is 0. The van der Waals surface area contributed by atoms with Crippen molar-refractivity contribution in [3.05, 3.63) is 108 Å². The van der Waals surface area contributed by atoms with Gasteiger partial charge in [-0.1, -0.05) is 78.9 Å². The zero-order valence-electron chi connectivity index (χ0n) is 16.3. The fraction of sp³-hybridized carbons (Fsp3) is 0.125. The number of nitrogens with zero attached hydrogens (tertiary/aromatic N) is 1. The minimum atomic E-state index is -1.40. The number of imide groups is 1. The SMILES string of the molecule is CC(OC(=O)c1ccccc1)N1C(=O)NC(c2ccccc2)(c2ccccc2)C1=O. The standard InChI is InChI=1S/C24H20N2O4/c1-17(30-21(27)18-11-5-2-6-12-18)26-22(28)24(25-23(26)29,19-13-7-3-8-14-19)20-15-9-4-10-16-20/h2-17H,1H3,(H,25,29). The minimum absolute atomic E-state index is 0.341. The number of nitrogens with one attached hydrogen (secondary N) is 1. The lowest BCUT2D eigenvalue weighted by Crippen LogP contribution is -2.46. The molecule has 30 heavy (non-hydrogen) atoms. The van der Waals surface area contributed by atoms with Crippen LogP contribution in [0.25, 0.3) is 0 Å². The first kappa shape index (κ1) is 19.4. The molecule has 150 valence electrons. The normalized spacial score (nSPS) is 16.1. The van der Waals surface area contributed by atoms with Gasteiger partial charge >= 0.3 is 12.0 Å². The van der Waals surface area contributed by atoms with Gasteiger partial charge in [0.25, 0.3) is 5.91 Å². The Balaban J connectivity index is 1.69. The number of carbonyl (C=O) groups is 3. The molecule has 3 aromatic rings. The van der Waals surface area contributed by atoms with Crippen LogP contribution in [0.4, 0.5) is 4.79 Å². The second-order valence-corrected chi connectivity index (χ2v) is 6.96. The summed E-state index contributed by atoms with van der Waals surface area (Å²) < 4.78 is 5.43. The van der Waals surface area contributed by atoms with E-state index in [0.717, 1.165) is 4.90 Å². The molecular weight excluding hydrogens is 380 g/mol. The lowest BCUT2D eigenvalue weighted by Gasteiger charge is -2.29. The molecule has 1 atom stereocenters. The average Bonchev–Trinajstić information content (AvgIpc) is 3.06. The van der Waals surface area contributed by atoms with Crippen molar-refractivity contribution in [3.63, 3.8) is 0 Å². The first-order valence-corrected chi connectivity index (χ1v) is 9.57. The number of ether oxygens (including phenoxy) is 1. The molecule has 3 aromatic carbocycles. The lowest BCUT2D eigenvalue weighted by molar-refractivity contribution is -0.136. The third kappa shape index (κ3) is 3.22. The number of urea groups is 1. The molecule has 0 aliphatic carbocycles. The summed E-state index contributed by atoms with van der Waals surface area (Å²) in [4.78, 5) is 40.0. The highest BCUT2D eigenvalue weighted by Crippen LogP contribution is 2.36. The first-order chi connectivity index (χ1) is 14.5. The summed E-state index contributed by atoms with van der Waals surface area (Å²) in [7, 11) is 0. The van der Waals surface area contributed by atoms with Gasteiger partial charge in [0.2, 0.25) is 0 Å². The molecule has 1 N–H and O–H groups in total. The molecule has 6 heteroatoms. The molecule has 0 aromatic heterocycles. The summed E-state index contributed by atoms with van der Waals surface area (Å²) in [6, 6.07) is 25.9. The quantitative estimate of drug-likeness (QED) is 0.524. The lowest BCUT2D eigenvalue weighted by atomic mass is 9.82. The summed E-state index contributed by atoms with van der Waals surface area (Å²) in [6.45, 7) is 1.50. The molecule has 1 aliphatic rings. The van der Waals surface area contributed by atoms with Crippen LogP contribution in [0.2, 0.25) is 0 Å². The van der Waals surface area contributed by atoms with E-state index in [9.17, 15) is 14.4 Å². The Morgan fingerprint density at radius 1 is 0.833 bits per heavy atom. The van der Waals surface area contributed by atoms with Gasteiger partial charge in [-0.15, -0.1) is 0 Å². The van der Waals surface area contributed by atoms with E-state index in [2.05, 4.69) is 5.32 Å². The smallest absolute Gasteiger partial charge is 0.340 e.